The first kappa shape index (κ1) is 18.2. The first-order chi connectivity index (χ1) is 9.24. The second kappa shape index (κ2) is 12.3. The normalized spacial score (nSPS) is 13.4. The summed E-state index contributed by atoms with van der Waals surface area (Å²) in [4.78, 5) is 0. The summed E-state index contributed by atoms with van der Waals surface area (Å²) in [5.41, 5.74) is 4.91. The van der Waals surface area contributed by atoms with Gasteiger partial charge < -0.3 is 0 Å². The Bertz CT molecular complexity index is 291. The van der Waals surface area contributed by atoms with Crippen molar-refractivity contribution in [1.29, 1.82) is 0 Å². The van der Waals surface area contributed by atoms with Crippen molar-refractivity contribution >= 4 is 0 Å². The Labute approximate surface area is 121 Å². The maximum Gasteiger partial charge on any atom is -0.0136 e. The van der Waals surface area contributed by atoms with Crippen LogP contribution < -0.4 is 0 Å². The topological polar surface area (TPSA) is 0 Å². The number of unbranched alkanes of at least 4 members (excludes halogenated alkanes) is 1. The molecule has 0 bridgehead atoms. The lowest BCUT2D eigenvalue weighted by molar-refractivity contribution is 0.792. The Morgan fingerprint density at radius 3 is 1.95 bits per heavy atom. The zero-order chi connectivity index (χ0) is 14.5. The minimum absolute atomic E-state index is 1.07. The minimum atomic E-state index is 1.07. The monoisotopic (exact) mass is 262 g/mol. The van der Waals surface area contributed by atoms with Gasteiger partial charge in [0.25, 0.3) is 0 Å². The van der Waals surface area contributed by atoms with Crippen LogP contribution in [0, 0.1) is 0 Å². The van der Waals surface area contributed by atoms with E-state index < -0.39 is 0 Å². The van der Waals surface area contributed by atoms with Gasteiger partial charge in [-0.2, -0.15) is 0 Å². The van der Waals surface area contributed by atoms with Gasteiger partial charge in [-0.05, 0) is 43.3 Å². The van der Waals surface area contributed by atoms with Crippen LogP contribution in [-0.2, 0) is 0 Å². The van der Waals surface area contributed by atoms with Crippen molar-refractivity contribution in [3.05, 3.63) is 35.5 Å². The number of rotatable bonds is 11. The molecule has 0 nitrogen and oxygen atoms in total. The van der Waals surface area contributed by atoms with E-state index in [1.807, 2.05) is 0 Å². The van der Waals surface area contributed by atoms with Gasteiger partial charge in [0.15, 0.2) is 0 Å². The number of hydrogen-bond donors (Lipinski definition) is 0. The molecule has 0 heteroatoms. The van der Waals surface area contributed by atoms with E-state index in [1.54, 1.807) is 16.7 Å². The molecule has 0 saturated heterocycles. The molecule has 0 saturated carbocycles. The molecule has 0 aromatic heterocycles. The first-order valence-electron chi connectivity index (χ1n) is 8.26. The van der Waals surface area contributed by atoms with E-state index >= 15 is 0 Å². The Kier molecular flexibility index (Phi) is 11.8. The molecule has 0 aromatic carbocycles. The molecule has 0 N–H and O–H groups in total. The van der Waals surface area contributed by atoms with Crippen molar-refractivity contribution in [2.45, 2.75) is 85.5 Å². The molecule has 110 valence electrons. The zero-order valence-electron chi connectivity index (χ0n) is 13.7. The molecule has 0 fully saturated rings. The van der Waals surface area contributed by atoms with Crippen LogP contribution in [0.5, 0.6) is 0 Å². The van der Waals surface area contributed by atoms with E-state index in [9.17, 15) is 0 Å². The van der Waals surface area contributed by atoms with Crippen LogP contribution in [0.25, 0.3) is 0 Å². The molecule has 0 heterocycles. The van der Waals surface area contributed by atoms with E-state index in [1.165, 1.54) is 51.4 Å². The highest BCUT2D eigenvalue weighted by molar-refractivity contribution is 5.36. The highest BCUT2D eigenvalue weighted by Gasteiger charge is 2.09. The van der Waals surface area contributed by atoms with Crippen molar-refractivity contribution in [1.82, 2.24) is 0 Å². The molecule has 0 atom stereocenters. The summed E-state index contributed by atoms with van der Waals surface area (Å²) in [5.74, 6) is 0. The number of hydrogen-bond acceptors (Lipinski definition) is 0. The lowest BCUT2D eigenvalue weighted by Crippen LogP contribution is -1.98. The molecule has 0 aromatic rings. The number of allylic oxidation sites excluding steroid dienone is 5. The summed E-state index contributed by atoms with van der Waals surface area (Å²) in [6.07, 6.45) is 15.5. The van der Waals surface area contributed by atoms with Crippen LogP contribution in [0.2, 0.25) is 0 Å². The largest absolute Gasteiger partial charge is 0.103 e. The first-order valence-corrected chi connectivity index (χ1v) is 8.26. The van der Waals surface area contributed by atoms with Gasteiger partial charge in [-0.25, -0.2) is 0 Å². The van der Waals surface area contributed by atoms with Gasteiger partial charge in [0.1, 0.15) is 0 Å². The van der Waals surface area contributed by atoms with Crippen LogP contribution >= 0.6 is 0 Å². The van der Waals surface area contributed by atoms with Crippen molar-refractivity contribution < 1.29 is 0 Å². The summed E-state index contributed by atoms with van der Waals surface area (Å²) in [7, 11) is 0. The fourth-order valence-electron chi connectivity index (χ4n) is 2.63. The van der Waals surface area contributed by atoms with Crippen LogP contribution in [0.4, 0.5) is 0 Å². The summed E-state index contributed by atoms with van der Waals surface area (Å²) in [6.45, 7) is 13.1. The predicted molar refractivity (Wildman–Crippen MR) is 89.6 cm³/mol. The standard InChI is InChI=1S/C19H34/c1-6-11-16-18(14-9-4)19(15-10-5)17(12-7-2)13-8-3/h7,16H,2,6,8-15H2,1,3-5H3/b18-16+,19-17+. The quantitative estimate of drug-likeness (QED) is 0.278. The minimum Gasteiger partial charge on any atom is -0.103 e. The summed E-state index contributed by atoms with van der Waals surface area (Å²) in [5, 5.41) is 0. The smallest absolute Gasteiger partial charge is 0.0136 e. The summed E-state index contributed by atoms with van der Waals surface area (Å²) < 4.78 is 0. The molecule has 0 spiro atoms. The molecule has 0 aliphatic carbocycles. The highest BCUT2D eigenvalue weighted by atomic mass is 14.1. The second-order valence-corrected chi connectivity index (χ2v) is 5.34. The van der Waals surface area contributed by atoms with E-state index in [0.29, 0.717) is 0 Å². The van der Waals surface area contributed by atoms with Crippen molar-refractivity contribution in [3.63, 3.8) is 0 Å². The van der Waals surface area contributed by atoms with Crippen LogP contribution in [0.1, 0.15) is 85.5 Å². The van der Waals surface area contributed by atoms with Gasteiger partial charge in [0, 0.05) is 0 Å². The Morgan fingerprint density at radius 2 is 1.47 bits per heavy atom. The van der Waals surface area contributed by atoms with Gasteiger partial charge in [0.2, 0.25) is 0 Å². The highest BCUT2D eigenvalue weighted by Crippen LogP contribution is 2.29. The maximum absolute atomic E-state index is 3.94. The SMILES string of the molecule is C=CC/C(CCC)=C(CCC)\C(=C\CCC)CCC. The van der Waals surface area contributed by atoms with E-state index in [4.69, 9.17) is 0 Å². The van der Waals surface area contributed by atoms with Crippen molar-refractivity contribution in [2.75, 3.05) is 0 Å². The van der Waals surface area contributed by atoms with E-state index in [0.717, 1.165) is 6.42 Å². The molecule has 0 rings (SSSR count). The van der Waals surface area contributed by atoms with Crippen molar-refractivity contribution in [3.8, 4) is 0 Å². The predicted octanol–water partition coefficient (Wildman–Crippen LogP) is 6.99. The van der Waals surface area contributed by atoms with Crippen LogP contribution in [0.3, 0.4) is 0 Å². The fraction of sp³-hybridized carbons (Fsp3) is 0.684. The maximum atomic E-state index is 3.94. The Morgan fingerprint density at radius 1 is 0.842 bits per heavy atom. The fourth-order valence-corrected chi connectivity index (χ4v) is 2.63. The molecule has 0 amide bonds. The molecule has 0 aliphatic rings. The van der Waals surface area contributed by atoms with E-state index in [-0.39, 0.29) is 0 Å². The second-order valence-electron chi connectivity index (χ2n) is 5.34. The van der Waals surface area contributed by atoms with E-state index in [2.05, 4.69) is 46.4 Å². The average Bonchev–Trinajstić information content (AvgIpc) is 2.41. The third-order valence-electron chi connectivity index (χ3n) is 3.46. The lowest BCUT2D eigenvalue weighted by Gasteiger charge is -2.17. The zero-order valence-corrected chi connectivity index (χ0v) is 13.7. The summed E-state index contributed by atoms with van der Waals surface area (Å²) in [6, 6.07) is 0. The van der Waals surface area contributed by atoms with Gasteiger partial charge in [-0.1, -0.05) is 71.1 Å². The van der Waals surface area contributed by atoms with Crippen LogP contribution in [-0.4, -0.2) is 0 Å². The van der Waals surface area contributed by atoms with Gasteiger partial charge >= 0.3 is 0 Å². The molecular weight excluding hydrogens is 228 g/mol. The molecule has 0 aliphatic heterocycles. The van der Waals surface area contributed by atoms with Gasteiger partial charge in [-0.3, -0.25) is 0 Å². The molecule has 19 heavy (non-hydrogen) atoms. The third kappa shape index (κ3) is 7.40. The molecule has 0 radical (unpaired) electrons. The summed E-state index contributed by atoms with van der Waals surface area (Å²) >= 11 is 0. The van der Waals surface area contributed by atoms with Gasteiger partial charge in [-0.15, -0.1) is 6.58 Å². The average molecular weight is 262 g/mol. The third-order valence-corrected chi connectivity index (χ3v) is 3.46. The van der Waals surface area contributed by atoms with Crippen molar-refractivity contribution in [2.24, 2.45) is 0 Å². The lowest BCUT2D eigenvalue weighted by atomic mass is 9.88. The van der Waals surface area contributed by atoms with Crippen LogP contribution in [0.15, 0.2) is 35.5 Å². The molecule has 0 unspecified atom stereocenters. The Hall–Kier alpha value is -0.780. The molecular formula is C19H34. The Balaban J connectivity index is 5.37. The van der Waals surface area contributed by atoms with Gasteiger partial charge in [0.05, 0.1) is 0 Å².